The van der Waals surface area contributed by atoms with Gasteiger partial charge in [-0.1, -0.05) is 32.9 Å². The fraction of sp³-hybridized carbons (Fsp3) is 0.611. The highest BCUT2D eigenvalue weighted by Gasteiger charge is 2.35. The van der Waals surface area contributed by atoms with Gasteiger partial charge in [0.05, 0.1) is 12.7 Å². The molecule has 2 atom stereocenters. The minimum absolute atomic E-state index is 0. The lowest BCUT2D eigenvalue weighted by Crippen LogP contribution is -2.56. The SMILES string of the molecule is C[C@H]1OCCN[C@@H]1C(=O)N1CCc2cc(C(C)(C)C)ccc21.Cl. The maximum Gasteiger partial charge on any atom is 0.246 e. The third-order valence-electron chi connectivity index (χ3n) is 4.69. The number of hydrogen-bond donors (Lipinski definition) is 1. The van der Waals surface area contributed by atoms with Gasteiger partial charge in [-0.2, -0.15) is 0 Å². The summed E-state index contributed by atoms with van der Waals surface area (Å²) in [7, 11) is 0. The number of morpholine rings is 1. The van der Waals surface area contributed by atoms with Crippen LogP contribution < -0.4 is 10.2 Å². The van der Waals surface area contributed by atoms with E-state index in [1.165, 1.54) is 11.1 Å². The number of nitrogens with zero attached hydrogens (tertiary/aromatic N) is 1. The molecule has 0 unspecified atom stereocenters. The molecule has 0 aromatic heterocycles. The summed E-state index contributed by atoms with van der Waals surface area (Å²) in [5.74, 6) is 0.134. The zero-order chi connectivity index (χ0) is 15.9. The van der Waals surface area contributed by atoms with E-state index in [1.807, 2.05) is 11.8 Å². The van der Waals surface area contributed by atoms with Crippen molar-refractivity contribution in [2.75, 3.05) is 24.6 Å². The Morgan fingerprint density at radius 2 is 2.09 bits per heavy atom. The topological polar surface area (TPSA) is 41.6 Å². The number of ether oxygens (including phenoxy) is 1. The Balaban J connectivity index is 0.00000192. The van der Waals surface area contributed by atoms with Gasteiger partial charge in [0, 0.05) is 18.8 Å². The monoisotopic (exact) mass is 338 g/mol. The second kappa shape index (κ2) is 6.80. The van der Waals surface area contributed by atoms with Gasteiger partial charge in [0.2, 0.25) is 5.91 Å². The highest BCUT2D eigenvalue weighted by atomic mass is 35.5. The number of hydrogen-bond acceptors (Lipinski definition) is 3. The molecule has 128 valence electrons. The highest BCUT2D eigenvalue weighted by Crippen LogP contribution is 2.33. The molecule has 1 amide bonds. The Hall–Kier alpha value is -1.10. The van der Waals surface area contributed by atoms with Crippen molar-refractivity contribution >= 4 is 24.0 Å². The third kappa shape index (κ3) is 3.54. The number of nitrogens with one attached hydrogen (secondary N) is 1. The van der Waals surface area contributed by atoms with Crippen LogP contribution in [0.2, 0.25) is 0 Å². The molecular formula is C18H27ClN2O2. The number of halogens is 1. The van der Waals surface area contributed by atoms with Crippen molar-refractivity contribution in [2.45, 2.75) is 51.7 Å². The molecule has 23 heavy (non-hydrogen) atoms. The van der Waals surface area contributed by atoms with Gasteiger partial charge in [-0.15, -0.1) is 12.4 Å². The third-order valence-corrected chi connectivity index (χ3v) is 4.69. The lowest BCUT2D eigenvalue weighted by Gasteiger charge is -2.32. The maximum absolute atomic E-state index is 12.8. The summed E-state index contributed by atoms with van der Waals surface area (Å²) in [6.45, 7) is 10.8. The first-order valence-corrected chi connectivity index (χ1v) is 8.18. The second-order valence-corrected chi connectivity index (χ2v) is 7.34. The van der Waals surface area contributed by atoms with Crippen LogP contribution in [0.3, 0.4) is 0 Å². The van der Waals surface area contributed by atoms with E-state index in [9.17, 15) is 4.79 Å². The van der Waals surface area contributed by atoms with Crippen LogP contribution in [0.4, 0.5) is 5.69 Å². The Morgan fingerprint density at radius 1 is 1.35 bits per heavy atom. The van der Waals surface area contributed by atoms with Crippen LogP contribution in [0.25, 0.3) is 0 Å². The van der Waals surface area contributed by atoms with Gasteiger partial charge in [0.1, 0.15) is 6.04 Å². The molecule has 0 saturated carbocycles. The summed E-state index contributed by atoms with van der Waals surface area (Å²) in [5.41, 5.74) is 3.82. The van der Waals surface area contributed by atoms with E-state index in [0.29, 0.717) is 6.61 Å². The van der Waals surface area contributed by atoms with Crippen LogP contribution in [-0.2, 0) is 21.4 Å². The molecule has 1 aromatic carbocycles. The largest absolute Gasteiger partial charge is 0.375 e. The molecule has 1 aromatic rings. The Labute approximate surface area is 145 Å². The van der Waals surface area contributed by atoms with Crippen LogP contribution >= 0.6 is 12.4 Å². The van der Waals surface area contributed by atoms with Gasteiger partial charge in [-0.05, 0) is 36.0 Å². The van der Waals surface area contributed by atoms with Crippen LogP contribution in [0.15, 0.2) is 18.2 Å². The van der Waals surface area contributed by atoms with Crippen molar-refractivity contribution in [3.05, 3.63) is 29.3 Å². The average Bonchev–Trinajstić information content (AvgIpc) is 2.89. The predicted molar refractivity (Wildman–Crippen MR) is 95.7 cm³/mol. The van der Waals surface area contributed by atoms with E-state index in [1.54, 1.807) is 0 Å². The first-order chi connectivity index (χ1) is 10.4. The predicted octanol–water partition coefficient (Wildman–Crippen LogP) is 2.67. The summed E-state index contributed by atoms with van der Waals surface area (Å²) in [6, 6.07) is 6.28. The Kier molecular flexibility index (Phi) is 5.39. The first kappa shape index (κ1) is 18.2. The van der Waals surface area contributed by atoms with Gasteiger partial charge >= 0.3 is 0 Å². The smallest absolute Gasteiger partial charge is 0.246 e. The summed E-state index contributed by atoms with van der Waals surface area (Å²) in [6.07, 6.45) is 0.867. The zero-order valence-electron chi connectivity index (χ0n) is 14.4. The van der Waals surface area contributed by atoms with E-state index in [2.05, 4.69) is 44.3 Å². The van der Waals surface area contributed by atoms with E-state index >= 15 is 0 Å². The van der Waals surface area contributed by atoms with Crippen molar-refractivity contribution in [1.82, 2.24) is 5.32 Å². The van der Waals surface area contributed by atoms with Crippen molar-refractivity contribution in [1.29, 1.82) is 0 Å². The van der Waals surface area contributed by atoms with E-state index in [4.69, 9.17) is 4.74 Å². The van der Waals surface area contributed by atoms with Gasteiger partial charge in [-0.3, -0.25) is 4.79 Å². The quantitative estimate of drug-likeness (QED) is 0.856. The summed E-state index contributed by atoms with van der Waals surface area (Å²) >= 11 is 0. The molecule has 0 spiro atoms. The molecule has 5 heteroatoms. The average molecular weight is 339 g/mol. The molecule has 2 aliphatic heterocycles. The molecule has 1 fully saturated rings. The summed E-state index contributed by atoms with van der Waals surface area (Å²) < 4.78 is 5.61. The molecule has 1 N–H and O–H groups in total. The minimum atomic E-state index is -0.234. The normalized spacial score (nSPS) is 24.1. The van der Waals surface area contributed by atoms with Gasteiger partial charge in [0.15, 0.2) is 0 Å². The standard InChI is InChI=1S/C18H26N2O2.ClH/c1-12-16(19-8-10-22-12)17(21)20-9-7-13-11-14(18(2,3)4)5-6-15(13)20;/h5-6,11-12,16,19H,7-10H2,1-4H3;1H/t12-,16+;/m1./s1. The van der Waals surface area contributed by atoms with Crippen LogP contribution in [0.5, 0.6) is 0 Å². The molecule has 0 radical (unpaired) electrons. The molecule has 2 heterocycles. The number of carbonyl (C=O) groups is 1. The number of anilines is 1. The lowest BCUT2D eigenvalue weighted by atomic mass is 9.86. The Morgan fingerprint density at radius 3 is 2.74 bits per heavy atom. The van der Waals surface area contributed by atoms with Crippen LogP contribution in [0, 0.1) is 0 Å². The molecule has 0 bridgehead atoms. The fourth-order valence-corrected chi connectivity index (χ4v) is 3.27. The maximum atomic E-state index is 12.8. The molecular weight excluding hydrogens is 312 g/mol. The lowest BCUT2D eigenvalue weighted by molar-refractivity contribution is -0.126. The number of benzene rings is 1. The first-order valence-electron chi connectivity index (χ1n) is 8.18. The summed E-state index contributed by atoms with van der Waals surface area (Å²) in [4.78, 5) is 14.8. The number of amides is 1. The van der Waals surface area contributed by atoms with Crippen LogP contribution in [-0.4, -0.2) is 37.7 Å². The number of fused-ring (bicyclic) bond motifs is 1. The van der Waals surface area contributed by atoms with E-state index in [0.717, 1.165) is 25.2 Å². The number of carbonyl (C=O) groups excluding carboxylic acids is 1. The molecule has 4 nitrogen and oxygen atoms in total. The highest BCUT2D eigenvalue weighted by molar-refractivity contribution is 5.99. The minimum Gasteiger partial charge on any atom is -0.375 e. The Bertz CT molecular complexity index is 583. The number of rotatable bonds is 1. The summed E-state index contributed by atoms with van der Waals surface area (Å²) in [5, 5.41) is 3.30. The molecule has 0 aliphatic carbocycles. The zero-order valence-corrected chi connectivity index (χ0v) is 15.2. The van der Waals surface area contributed by atoms with Crippen molar-refractivity contribution in [3.63, 3.8) is 0 Å². The van der Waals surface area contributed by atoms with Gasteiger partial charge in [0.25, 0.3) is 0 Å². The van der Waals surface area contributed by atoms with Crippen LogP contribution in [0.1, 0.15) is 38.8 Å². The van der Waals surface area contributed by atoms with Gasteiger partial charge in [-0.25, -0.2) is 0 Å². The van der Waals surface area contributed by atoms with E-state index in [-0.39, 0.29) is 35.9 Å². The van der Waals surface area contributed by atoms with Gasteiger partial charge < -0.3 is 15.0 Å². The van der Waals surface area contributed by atoms with E-state index < -0.39 is 0 Å². The van der Waals surface area contributed by atoms with Crippen molar-refractivity contribution in [3.8, 4) is 0 Å². The van der Waals surface area contributed by atoms with Crippen molar-refractivity contribution in [2.24, 2.45) is 0 Å². The van der Waals surface area contributed by atoms with Crippen molar-refractivity contribution < 1.29 is 9.53 Å². The second-order valence-electron chi connectivity index (χ2n) is 7.34. The molecule has 2 aliphatic rings. The fourth-order valence-electron chi connectivity index (χ4n) is 3.27. The molecule has 1 saturated heterocycles. The molecule has 3 rings (SSSR count).